The number of hydrogen-bond donors (Lipinski definition) is 1. The summed E-state index contributed by atoms with van der Waals surface area (Å²) in [7, 11) is 0. The van der Waals surface area contributed by atoms with E-state index < -0.39 is 5.97 Å². The van der Waals surface area contributed by atoms with Crippen molar-refractivity contribution in [2.75, 3.05) is 6.26 Å². The van der Waals surface area contributed by atoms with Crippen LogP contribution >= 0.6 is 11.8 Å². The molecule has 0 radical (unpaired) electrons. The minimum Gasteiger partial charge on any atom is -0.478 e. The van der Waals surface area contributed by atoms with E-state index in [1.165, 1.54) is 12.1 Å². The Bertz CT molecular complexity index is 795. The molecule has 3 aromatic rings. The first-order valence-electron chi connectivity index (χ1n) is 6.49. The minimum atomic E-state index is -0.966. The van der Waals surface area contributed by atoms with Crippen LogP contribution in [0, 0.1) is 0 Å². The summed E-state index contributed by atoms with van der Waals surface area (Å²) in [6, 6.07) is 14.2. The highest BCUT2D eigenvalue weighted by atomic mass is 32.2. The first kappa shape index (κ1) is 14.3. The van der Waals surface area contributed by atoms with Gasteiger partial charge in [0.15, 0.2) is 0 Å². The number of thioether (sulfide) groups is 1. The van der Waals surface area contributed by atoms with Crippen LogP contribution in [0.15, 0.2) is 57.8 Å². The lowest BCUT2D eigenvalue weighted by Gasteiger charge is -1.98. The van der Waals surface area contributed by atoms with Crippen LogP contribution in [0.25, 0.3) is 22.9 Å². The molecule has 22 heavy (non-hydrogen) atoms. The zero-order chi connectivity index (χ0) is 15.5. The number of hydrogen-bond acceptors (Lipinski definition) is 5. The normalized spacial score (nSPS) is 10.6. The van der Waals surface area contributed by atoms with Crippen molar-refractivity contribution >= 4 is 17.7 Å². The highest BCUT2D eigenvalue weighted by molar-refractivity contribution is 7.98. The lowest BCUT2D eigenvalue weighted by atomic mass is 10.1. The van der Waals surface area contributed by atoms with Gasteiger partial charge in [0.2, 0.25) is 11.8 Å². The van der Waals surface area contributed by atoms with Crippen LogP contribution in [0.4, 0.5) is 0 Å². The quantitative estimate of drug-likeness (QED) is 0.738. The van der Waals surface area contributed by atoms with E-state index in [1.807, 2.05) is 30.5 Å². The molecule has 1 heterocycles. The second-order valence-electron chi connectivity index (χ2n) is 4.52. The summed E-state index contributed by atoms with van der Waals surface area (Å²) in [6.45, 7) is 0. The summed E-state index contributed by atoms with van der Waals surface area (Å²) in [4.78, 5) is 12.0. The maximum Gasteiger partial charge on any atom is 0.335 e. The molecule has 5 nitrogen and oxygen atoms in total. The Balaban J connectivity index is 1.87. The van der Waals surface area contributed by atoms with Gasteiger partial charge in [0, 0.05) is 16.0 Å². The number of benzene rings is 2. The van der Waals surface area contributed by atoms with Crippen molar-refractivity contribution in [1.82, 2.24) is 10.2 Å². The smallest absolute Gasteiger partial charge is 0.335 e. The fourth-order valence-electron chi connectivity index (χ4n) is 1.95. The van der Waals surface area contributed by atoms with Gasteiger partial charge >= 0.3 is 5.97 Å². The average Bonchev–Trinajstić information content (AvgIpc) is 3.05. The van der Waals surface area contributed by atoms with Gasteiger partial charge in [-0.05, 0) is 54.8 Å². The Morgan fingerprint density at radius 1 is 0.955 bits per heavy atom. The summed E-state index contributed by atoms with van der Waals surface area (Å²) in [5.41, 5.74) is 1.75. The number of nitrogens with zero attached hydrogens (tertiary/aromatic N) is 2. The lowest BCUT2D eigenvalue weighted by Crippen LogP contribution is -1.94. The number of aromatic nitrogens is 2. The zero-order valence-corrected chi connectivity index (χ0v) is 12.5. The third-order valence-electron chi connectivity index (χ3n) is 3.14. The van der Waals surface area contributed by atoms with Gasteiger partial charge < -0.3 is 9.52 Å². The van der Waals surface area contributed by atoms with E-state index in [0.29, 0.717) is 17.3 Å². The van der Waals surface area contributed by atoms with Crippen molar-refractivity contribution in [3.05, 3.63) is 54.1 Å². The summed E-state index contributed by atoms with van der Waals surface area (Å²) in [5.74, 6) is -0.169. The second kappa shape index (κ2) is 6.03. The van der Waals surface area contributed by atoms with E-state index in [9.17, 15) is 4.79 Å². The molecule has 0 bridgehead atoms. The van der Waals surface area contributed by atoms with Crippen molar-refractivity contribution in [2.45, 2.75) is 4.90 Å². The molecule has 0 aliphatic rings. The highest BCUT2D eigenvalue weighted by Gasteiger charge is 2.11. The molecule has 110 valence electrons. The van der Waals surface area contributed by atoms with E-state index in [1.54, 1.807) is 23.9 Å². The molecule has 1 N–H and O–H groups in total. The molecule has 0 saturated heterocycles. The lowest BCUT2D eigenvalue weighted by molar-refractivity contribution is 0.0697. The van der Waals surface area contributed by atoms with E-state index >= 15 is 0 Å². The van der Waals surface area contributed by atoms with Crippen molar-refractivity contribution in [2.24, 2.45) is 0 Å². The molecule has 2 aromatic carbocycles. The summed E-state index contributed by atoms with van der Waals surface area (Å²) < 4.78 is 5.65. The second-order valence-corrected chi connectivity index (χ2v) is 5.40. The molecule has 0 spiro atoms. The van der Waals surface area contributed by atoms with Gasteiger partial charge in [-0.25, -0.2) is 4.79 Å². The van der Waals surface area contributed by atoms with E-state index in [4.69, 9.17) is 9.52 Å². The number of carboxylic acids is 1. The largest absolute Gasteiger partial charge is 0.478 e. The number of aromatic carboxylic acids is 1. The molecular formula is C16H12N2O3S. The van der Waals surface area contributed by atoms with Crippen molar-refractivity contribution < 1.29 is 14.3 Å². The van der Waals surface area contributed by atoms with Crippen molar-refractivity contribution in [1.29, 1.82) is 0 Å². The third-order valence-corrected chi connectivity index (χ3v) is 3.88. The van der Waals surface area contributed by atoms with Crippen LogP contribution in [-0.4, -0.2) is 27.5 Å². The first-order chi connectivity index (χ1) is 10.7. The van der Waals surface area contributed by atoms with Gasteiger partial charge in [0.25, 0.3) is 0 Å². The molecular weight excluding hydrogens is 300 g/mol. The molecule has 6 heteroatoms. The fourth-order valence-corrected chi connectivity index (χ4v) is 2.35. The van der Waals surface area contributed by atoms with Gasteiger partial charge in [0.05, 0.1) is 5.56 Å². The minimum absolute atomic E-state index is 0.219. The SMILES string of the molecule is CSc1ccc(-c2nnc(-c3ccc(C(=O)O)cc3)o2)cc1. The van der Waals surface area contributed by atoms with Crippen LogP contribution < -0.4 is 0 Å². The van der Waals surface area contributed by atoms with Gasteiger partial charge in [-0.15, -0.1) is 22.0 Å². The van der Waals surface area contributed by atoms with Gasteiger partial charge in [-0.1, -0.05) is 0 Å². The van der Waals surface area contributed by atoms with E-state index in [0.717, 1.165) is 10.5 Å². The zero-order valence-electron chi connectivity index (χ0n) is 11.7. The molecule has 0 amide bonds. The Morgan fingerprint density at radius 3 is 1.91 bits per heavy atom. The molecule has 0 aliphatic carbocycles. The molecule has 0 aliphatic heterocycles. The van der Waals surface area contributed by atoms with Crippen LogP contribution in [0.1, 0.15) is 10.4 Å². The first-order valence-corrected chi connectivity index (χ1v) is 7.71. The van der Waals surface area contributed by atoms with Gasteiger partial charge in [-0.3, -0.25) is 0 Å². The maximum atomic E-state index is 10.8. The summed E-state index contributed by atoms with van der Waals surface area (Å²) in [5, 5.41) is 16.9. The molecule has 0 saturated carbocycles. The third kappa shape index (κ3) is 2.87. The van der Waals surface area contributed by atoms with Gasteiger partial charge in [-0.2, -0.15) is 0 Å². The Labute approximate surface area is 131 Å². The molecule has 0 atom stereocenters. The Kier molecular flexibility index (Phi) is 3.93. The molecule has 0 unspecified atom stereocenters. The number of carbonyl (C=O) groups is 1. The van der Waals surface area contributed by atoms with Crippen LogP contribution in [0.5, 0.6) is 0 Å². The predicted molar refractivity (Wildman–Crippen MR) is 83.9 cm³/mol. The van der Waals surface area contributed by atoms with Gasteiger partial charge in [0.1, 0.15) is 0 Å². The highest BCUT2D eigenvalue weighted by Crippen LogP contribution is 2.25. The summed E-state index contributed by atoms with van der Waals surface area (Å²) >= 11 is 1.66. The van der Waals surface area contributed by atoms with Crippen molar-refractivity contribution in [3.63, 3.8) is 0 Å². The number of rotatable bonds is 4. The Hall–Kier alpha value is -2.60. The average molecular weight is 312 g/mol. The Morgan fingerprint density at radius 2 is 1.45 bits per heavy atom. The number of carboxylic acid groups (broad SMARTS) is 1. The monoisotopic (exact) mass is 312 g/mol. The molecule has 0 fully saturated rings. The van der Waals surface area contributed by atoms with Crippen molar-refractivity contribution in [3.8, 4) is 22.9 Å². The predicted octanol–water partition coefficient (Wildman–Crippen LogP) is 3.82. The summed E-state index contributed by atoms with van der Waals surface area (Å²) in [6.07, 6.45) is 2.01. The topological polar surface area (TPSA) is 76.2 Å². The maximum absolute atomic E-state index is 10.8. The molecule has 3 rings (SSSR count). The van der Waals surface area contributed by atoms with Crippen LogP contribution in [0.2, 0.25) is 0 Å². The van der Waals surface area contributed by atoms with E-state index in [-0.39, 0.29) is 5.56 Å². The standard InChI is InChI=1S/C16H12N2O3S/c1-22-13-8-6-11(7-9-13)15-18-17-14(21-15)10-2-4-12(5-3-10)16(19)20/h2-9H,1H3,(H,19,20). The van der Waals surface area contributed by atoms with Crippen LogP contribution in [-0.2, 0) is 0 Å². The van der Waals surface area contributed by atoms with E-state index in [2.05, 4.69) is 10.2 Å². The van der Waals surface area contributed by atoms with Crippen LogP contribution in [0.3, 0.4) is 0 Å². The fraction of sp³-hybridized carbons (Fsp3) is 0.0625. The molecule has 1 aromatic heterocycles.